The van der Waals surface area contributed by atoms with Crippen molar-refractivity contribution in [2.45, 2.75) is 26.2 Å². The van der Waals surface area contributed by atoms with E-state index in [1.807, 2.05) is 6.92 Å². The molecule has 1 heterocycles. The molecule has 1 unspecified atom stereocenters. The summed E-state index contributed by atoms with van der Waals surface area (Å²) < 4.78 is 0. The van der Waals surface area contributed by atoms with E-state index in [4.69, 9.17) is 0 Å². The van der Waals surface area contributed by atoms with Crippen LogP contribution in [0.4, 0.5) is 5.13 Å². The van der Waals surface area contributed by atoms with Gasteiger partial charge in [-0.15, -0.1) is 11.3 Å². The molecule has 1 aromatic rings. The van der Waals surface area contributed by atoms with Gasteiger partial charge in [-0.25, -0.2) is 4.98 Å². The van der Waals surface area contributed by atoms with E-state index in [1.54, 1.807) is 6.20 Å². The molecule has 4 heteroatoms. The molecular weight excluding hydrogens is 208 g/mol. The van der Waals surface area contributed by atoms with E-state index in [9.17, 15) is 4.79 Å². The van der Waals surface area contributed by atoms with Crippen LogP contribution in [0.5, 0.6) is 0 Å². The fourth-order valence-electron chi connectivity index (χ4n) is 1.69. The fourth-order valence-corrected chi connectivity index (χ4v) is 2.37. The van der Waals surface area contributed by atoms with Gasteiger partial charge >= 0.3 is 0 Å². The van der Waals surface area contributed by atoms with E-state index in [2.05, 4.69) is 22.5 Å². The van der Waals surface area contributed by atoms with Crippen LogP contribution in [0.25, 0.3) is 0 Å². The molecule has 1 aliphatic carbocycles. The zero-order chi connectivity index (χ0) is 10.7. The third-order valence-electron chi connectivity index (χ3n) is 2.43. The molecule has 0 saturated carbocycles. The van der Waals surface area contributed by atoms with Crippen molar-refractivity contribution >= 4 is 22.4 Å². The standard InChI is InChI=1S/C11H14N2OS/c1-8-7-12-11(15-8)13-10(14)6-9-4-2-3-5-9/h2,4,7,9H,3,5-6H2,1H3,(H,12,13,14). The Bertz CT molecular complexity index is 384. The molecule has 0 fully saturated rings. The quantitative estimate of drug-likeness (QED) is 0.799. The van der Waals surface area contributed by atoms with Gasteiger partial charge in [-0.05, 0) is 25.7 Å². The third kappa shape index (κ3) is 2.89. The second-order valence-electron chi connectivity index (χ2n) is 3.79. The minimum Gasteiger partial charge on any atom is -0.302 e. The molecule has 0 bridgehead atoms. The van der Waals surface area contributed by atoms with Gasteiger partial charge in [0.1, 0.15) is 0 Å². The number of carbonyl (C=O) groups excluding carboxylic acids is 1. The van der Waals surface area contributed by atoms with Crippen LogP contribution in [0, 0.1) is 12.8 Å². The lowest BCUT2D eigenvalue weighted by molar-refractivity contribution is -0.116. The smallest absolute Gasteiger partial charge is 0.226 e. The molecule has 1 atom stereocenters. The molecule has 0 radical (unpaired) electrons. The number of amides is 1. The van der Waals surface area contributed by atoms with Crippen molar-refractivity contribution in [1.82, 2.24) is 4.98 Å². The number of nitrogens with one attached hydrogen (secondary N) is 1. The number of aryl methyl sites for hydroxylation is 1. The lowest BCUT2D eigenvalue weighted by atomic mass is 10.1. The highest BCUT2D eigenvalue weighted by Gasteiger charge is 2.14. The van der Waals surface area contributed by atoms with Crippen molar-refractivity contribution in [3.63, 3.8) is 0 Å². The van der Waals surface area contributed by atoms with Gasteiger partial charge in [0.25, 0.3) is 0 Å². The first-order chi connectivity index (χ1) is 7.24. The van der Waals surface area contributed by atoms with Crippen LogP contribution in [-0.4, -0.2) is 10.9 Å². The molecule has 3 nitrogen and oxygen atoms in total. The predicted octanol–water partition coefficient (Wildman–Crippen LogP) is 2.75. The van der Waals surface area contributed by atoms with E-state index < -0.39 is 0 Å². The van der Waals surface area contributed by atoms with Gasteiger partial charge in [0.15, 0.2) is 5.13 Å². The number of nitrogens with zero attached hydrogens (tertiary/aromatic N) is 1. The molecule has 1 aromatic heterocycles. The van der Waals surface area contributed by atoms with E-state index in [0.29, 0.717) is 17.5 Å². The van der Waals surface area contributed by atoms with Crippen LogP contribution in [0.15, 0.2) is 18.3 Å². The summed E-state index contributed by atoms with van der Waals surface area (Å²) in [5, 5.41) is 3.53. The van der Waals surface area contributed by atoms with Gasteiger partial charge < -0.3 is 5.32 Å². The molecule has 0 aromatic carbocycles. The summed E-state index contributed by atoms with van der Waals surface area (Å²) in [6.07, 6.45) is 8.83. The summed E-state index contributed by atoms with van der Waals surface area (Å²) in [7, 11) is 0. The van der Waals surface area contributed by atoms with Crippen molar-refractivity contribution in [3.05, 3.63) is 23.2 Å². The summed E-state index contributed by atoms with van der Waals surface area (Å²) in [5.41, 5.74) is 0. The molecular formula is C11H14N2OS. The summed E-state index contributed by atoms with van der Waals surface area (Å²) in [6, 6.07) is 0. The number of anilines is 1. The van der Waals surface area contributed by atoms with Crippen LogP contribution in [0.3, 0.4) is 0 Å². The molecule has 0 spiro atoms. The van der Waals surface area contributed by atoms with Crippen LogP contribution in [-0.2, 0) is 4.79 Å². The molecule has 1 amide bonds. The zero-order valence-electron chi connectivity index (χ0n) is 8.69. The highest BCUT2D eigenvalue weighted by Crippen LogP contribution is 2.22. The maximum atomic E-state index is 11.6. The van der Waals surface area contributed by atoms with Gasteiger partial charge in [-0.2, -0.15) is 0 Å². The number of allylic oxidation sites excluding steroid dienone is 2. The minimum absolute atomic E-state index is 0.0703. The van der Waals surface area contributed by atoms with Crippen molar-refractivity contribution in [3.8, 4) is 0 Å². The molecule has 15 heavy (non-hydrogen) atoms. The summed E-state index contributed by atoms with van der Waals surface area (Å²) in [6.45, 7) is 1.98. The van der Waals surface area contributed by atoms with Gasteiger partial charge in [-0.3, -0.25) is 4.79 Å². The normalized spacial score (nSPS) is 19.4. The lowest BCUT2D eigenvalue weighted by Crippen LogP contribution is -2.14. The SMILES string of the molecule is Cc1cnc(NC(=O)CC2C=CCC2)s1. The Labute approximate surface area is 93.2 Å². The largest absolute Gasteiger partial charge is 0.302 e. The van der Waals surface area contributed by atoms with Gasteiger partial charge in [0.2, 0.25) is 5.91 Å². The number of aromatic nitrogens is 1. The van der Waals surface area contributed by atoms with Crippen molar-refractivity contribution < 1.29 is 4.79 Å². The van der Waals surface area contributed by atoms with Gasteiger partial charge in [0, 0.05) is 17.5 Å². The number of hydrogen-bond donors (Lipinski definition) is 1. The Kier molecular flexibility index (Phi) is 3.16. The van der Waals surface area contributed by atoms with E-state index in [-0.39, 0.29) is 5.91 Å². The molecule has 1 N–H and O–H groups in total. The summed E-state index contributed by atoms with van der Waals surface area (Å²) in [5.74, 6) is 0.493. The maximum absolute atomic E-state index is 11.6. The second kappa shape index (κ2) is 4.57. The molecule has 1 aliphatic rings. The lowest BCUT2D eigenvalue weighted by Gasteiger charge is -2.06. The summed E-state index contributed by atoms with van der Waals surface area (Å²) in [4.78, 5) is 16.8. The van der Waals surface area contributed by atoms with Crippen LogP contribution < -0.4 is 5.32 Å². The van der Waals surface area contributed by atoms with Crippen molar-refractivity contribution in [2.24, 2.45) is 5.92 Å². The van der Waals surface area contributed by atoms with Crippen LogP contribution in [0.2, 0.25) is 0 Å². The molecule has 80 valence electrons. The Morgan fingerprint density at radius 1 is 1.73 bits per heavy atom. The predicted molar refractivity (Wildman–Crippen MR) is 62.0 cm³/mol. The Balaban J connectivity index is 1.84. The Morgan fingerprint density at radius 3 is 3.20 bits per heavy atom. The minimum atomic E-state index is 0.0703. The average Bonchev–Trinajstić information content (AvgIpc) is 2.77. The molecule has 0 aliphatic heterocycles. The third-order valence-corrected chi connectivity index (χ3v) is 3.26. The highest BCUT2D eigenvalue weighted by atomic mass is 32.1. The summed E-state index contributed by atoms with van der Waals surface area (Å²) >= 11 is 1.51. The van der Waals surface area contributed by atoms with Crippen LogP contribution >= 0.6 is 11.3 Å². The topological polar surface area (TPSA) is 42.0 Å². The van der Waals surface area contributed by atoms with Crippen LogP contribution in [0.1, 0.15) is 24.1 Å². The Hall–Kier alpha value is -1.16. The monoisotopic (exact) mass is 222 g/mol. The van der Waals surface area contributed by atoms with Crippen molar-refractivity contribution in [1.29, 1.82) is 0 Å². The highest BCUT2D eigenvalue weighted by molar-refractivity contribution is 7.15. The molecule has 0 saturated heterocycles. The number of rotatable bonds is 3. The van der Waals surface area contributed by atoms with Crippen molar-refractivity contribution in [2.75, 3.05) is 5.32 Å². The number of thiazole rings is 1. The second-order valence-corrected chi connectivity index (χ2v) is 5.03. The van der Waals surface area contributed by atoms with Gasteiger partial charge in [-0.1, -0.05) is 12.2 Å². The fraction of sp³-hybridized carbons (Fsp3) is 0.455. The Morgan fingerprint density at radius 2 is 2.60 bits per heavy atom. The molecule has 2 rings (SSSR count). The average molecular weight is 222 g/mol. The number of carbonyl (C=O) groups is 1. The van der Waals surface area contributed by atoms with E-state index in [0.717, 1.165) is 17.7 Å². The van der Waals surface area contributed by atoms with Gasteiger partial charge in [0.05, 0.1) is 0 Å². The number of hydrogen-bond acceptors (Lipinski definition) is 3. The first kappa shape index (κ1) is 10.4. The zero-order valence-corrected chi connectivity index (χ0v) is 9.51. The first-order valence-electron chi connectivity index (χ1n) is 5.13. The van der Waals surface area contributed by atoms with E-state index >= 15 is 0 Å². The maximum Gasteiger partial charge on any atom is 0.226 e. The first-order valence-corrected chi connectivity index (χ1v) is 5.94. The van der Waals surface area contributed by atoms with E-state index in [1.165, 1.54) is 11.3 Å².